The number of azide groups is 1. The van der Waals surface area contributed by atoms with E-state index in [9.17, 15) is 9.59 Å². The van der Waals surface area contributed by atoms with Crippen LogP contribution in [0.25, 0.3) is 10.4 Å². The topological polar surface area (TPSA) is 105 Å². The number of rotatable bonds is 9. The normalized spacial score (nSPS) is 24.0. The minimum Gasteiger partial charge on any atom is -0.497 e. The Morgan fingerprint density at radius 2 is 2.14 bits per heavy atom. The molecule has 0 spiro atoms. The van der Waals surface area contributed by atoms with Crippen molar-refractivity contribution in [1.82, 2.24) is 4.90 Å². The first kappa shape index (κ1) is 21.3. The van der Waals surface area contributed by atoms with Gasteiger partial charge in [0, 0.05) is 29.2 Å². The van der Waals surface area contributed by atoms with Crippen LogP contribution in [-0.2, 0) is 20.9 Å². The Balaban J connectivity index is 1.61. The Labute approximate surface area is 174 Å². The SMILES string of the molecule is COC(=O)C(CCC[C@@H]1SCC2CC(=O)N(Cc3ccc(OC)cc3)[C@@H]21)N=[N+]=[N-]. The monoisotopic (exact) mass is 418 g/mol. The van der Waals surface area contributed by atoms with E-state index in [1.807, 2.05) is 40.9 Å². The van der Waals surface area contributed by atoms with Gasteiger partial charge < -0.3 is 14.4 Å². The number of nitrogens with zero attached hydrogens (tertiary/aromatic N) is 4. The van der Waals surface area contributed by atoms with Crippen molar-refractivity contribution in [2.45, 2.75) is 49.6 Å². The van der Waals surface area contributed by atoms with Crippen LogP contribution in [-0.4, -0.2) is 54.1 Å². The molecule has 8 nitrogen and oxygen atoms in total. The average Bonchev–Trinajstić information content (AvgIpc) is 3.26. The van der Waals surface area contributed by atoms with E-state index in [1.54, 1.807) is 7.11 Å². The molecular formula is C20H26N4O4S. The van der Waals surface area contributed by atoms with Gasteiger partial charge in [0.15, 0.2) is 0 Å². The molecule has 1 aromatic rings. The molecule has 3 rings (SSSR count). The Morgan fingerprint density at radius 1 is 1.38 bits per heavy atom. The van der Waals surface area contributed by atoms with Gasteiger partial charge in [-0.1, -0.05) is 23.7 Å². The largest absolute Gasteiger partial charge is 0.497 e. The van der Waals surface area contributed by atoms with Gasteiger partial charge in [0.1, 0.15) is 11.8 Å². The second-order valence-corrected chi connectivity index (χ2v) is 8.64. The molecule has 2 unspecified atom stereocenters. The van der Waals surface area contributed by atoms with Crippen molar-refractivity contribution in [3.05, 3.63) is 40.3 Å². The Kier molecular flexibility index (Phi) is 7.28. The molecular weight excluding hydrogens is 392 g/mol. The number of fused-ring (bicyclic) bond motifs is 1. The number of hydrogen-bond acceptors (Lipinski definition) is 6. The number of methoxy groups -OCH3 is 2. The van der Waals surface area contributed by atoms with E-state index in [0.717, 1.165) is 29.9 Å². The zero-order chi connectivity index (χ0) is 20.8. The van der Waals surface area contributed by atoms with Crippen molar-refractivity contribution in [3.8, 4) is 5.75 Å². The number of carbonyl (C=O) groups is 2. The van der Waals surface area contributed by atoms with Crippen molar-refractivity contribution in [2.24, 2.45) is 11.0 Å². The minimum atomic E-state index is -0.784. The number of likely N-dealkylation sites (tertiary alicyclic amines) is 1. The predicted molar refractivity (Wildman–Crippen MR) is 110 cm³/mol. The van der Waals surface area contributed by atoms with Crippen LogP contribution in [0.4, 0.5) is 0 Å². The molecule has 4 atom stereocenters. The van der Waals surface area contributed by atoms with E-state index < -0.39 is 12.0 Å². The summed E-state index contributed by atoms with van der Waals surface area (Å²) in [5.41, 5.74) is 9.73. The van der Waals surface area contributed by atoms with Crippen LogP contribution in [0.3, 0.4) is 0 Å². The molecule has 0 aromatic heterocycles. The summed E-state index contributed by atoms with van der Waals surface area (Å²) < 4.78 is 9.91. The van der Waals surface area contributed by atoms with Gasteiger partial charge in [-0.25, -0.2) is 0 Å². The standard InChI is InChI=1S/C20H26N4O4S/c1-27-15-8-6-13(7-9-15)11-24-18(25)10-14-12-29-17(19(14)24)5-3-4-16(22-23-21)20(26)28-2/h6-9,14,16-17,19H,3-5,10-12H2,1-2H3/t14?,16?,17-,19-/m0/s1. The van der Waals surface area contributed by atoms with Gasteiger partial charge in [-0.2, -0.15) is 11.8 Å². The fourth-order valence-electron chi connectivity index (χ4n) is 4.20. The maximum absolute atomic E-state index is 12.6. The number of benzene rings is 1. The third-order valence-electron chi connectivity index (χ3n) is 5.65. The van der Waals surface area contributed by atoms with Crippen molar-refractivity contribution >= 4 is 23.6 Å². The molecule has 1 aromatic carbocycles. The highest BCUT2D eigenvalue weighted by Gasteiger charge is 2.48. The van der Waals surface area contributed by atoms with Crippen molar-refractivity contribution in [3.63, 3.8) is 0 Å². The van der Waals surface area contributed by atoms with Crippen LogP contribution in [0.5, 0.6) is 5.75 Å². The molecule has 0 saturated carbocycles. The third kappa shape index (κ3) is 4.97. The number of amides is 1. The summed E-state index contributed by atoms with van der Waals surface area (Å²) in [6.07, 6.45) is 2.67. The van der Waals surface area contributed by atoms with Gasteiger partial charge in [0.05, 0.1) is 14.2 Å². The lowest BCUT2D eigenvalue weighted by atomic mass is 9.96. The molecule has 2 fully saturated rings. The van der Waals surface area contributed by atoms with Crippen LogP contribution < -0.4 is 4.74 Å². The summed E-state index contributed by atoms with van der Waals surface area (Å²) in [5.74, 6) is 1.87. The number of carbonyl (C=O) groups excluding carboxylic acids is 2. The summed E-state index contributed by atoms with van der Waals surface area (Å²) in [4.78, 5) is 29.1. The molecule has 0 aliphatic carbocycles. The molecule has 0 radical (unpaired) electrons. The smallest absolute Gasteiger partial charge is 0.314 e. The zero-order valence-electron chi connectivity index (χ0n) is 16.7. The fraction of sp³-hybridized carbons (Fsp3) is 0.600. The van der Waals surface area contributed by atoms with Gasteiger partial charge >= 0.3 is 5.97 Å². The van der Waals surface area contributed by atoms with Crippen molar-refractivity contribution in [1.29, 1.82) is 0 Å². The van der Waals surface area contributed by atoms with Crippen LogP contribution in [0.2, 0.25) is 0 Å². The fourth-order valence-corrected chi connectivity index (χ4v) is 5.91. The van der Waals surface area contributed by atoms with Crippen molar-refractivity contribution in [2.75, 3.05) is 20.0 Å². The molecule has 0 N–H and O–H groups in total. The molecule has 2 aliphatic rings. The van der Waals surface area contributed by atoms with Crippen LogP contribution in [0.15, 0.2) is 29.4 Å². The summed E-state index contributed by atoms with van der Waals surface area (Å²) >= 11 is 1.90. The first-order chi connectivity index (χ1) is 14.1. The quantitative estimate of drug-likeness (QED) is 0.264. The van der Waals surface area contributed by atoms with E-state index >= 15 is 0 Å². The highest BCUT2D eigenvalue weighted by atomic mass is 32.2. The first-order valence-electron chi connectivity index (χ1n) is 9.73. The molecule has 9 heteroatoms. The lowest BCUT2D eigenvalue weighted by Gasteiger charge is -2.29. The lowest BCUT2D eigenvalue weighted by Crippen LogP contribution is -2.39. The van der Waals surface area contributed by atoms with E-state index in [2.05, 4.69) is 10.0 Å². The second-order valence-electron chi connectivity index (χ2n) is 7.37. The van der Waals surface area contributed by atoms with Crippen LogP contribution in [0.1, 0.15) is 31.2 Å². The maximum atomic E-state index is 12.6. The first-order valence-corrected chi connectivity index (χ1v) is 10.8. The van der Waals surface area contributed by atoms with Crippen LogP contribution in [0, 0.1) is 5.92 Å². The predicted octanol–water partition coefficient (Wildman–Crippen LogP) is 3.55. The number of thioether (sulfide) groups is 1. The highest BCUT2D eigenvalue weighted by molar-refractivity contribution is 8.00. The van der Waals surface area contributed by atoms with Gasteiger partial charge in [-0.3, -0.25) is 9.59 Å². The zero-order valence-corrected chi connectivity index (χ0v) is 17.5. The number of ether oxygens (including phenoxy) is 2. The molecule has 2 saturated heterocycles. The number of hydrogen-bond donors (Lipinski definition) is 0. The average molecular weight is 419 g/mol. The minimum absolute atomic E-state index is 0.211. The van der Waals surface area contributed by atoms with E-state index in [0.29, 0.717) is 30.6 Å². The molecule has 156 valence electrons. The molecule has 0 bridgehead atoms. The Hall–Kier alpha value is -2.38. The van der Waals surface area contributed by atoms with Crippen molar-refractivity contribution < 1.29 is 19.1 Å². The summed E-state index contributed by atoms with van der Waals surface area (Å²) in [5, 5.41) is 3.87. The molecule has 29 heavy (non-hydrogen) atoms. The summed E-state index contributed by atoms with van der Waals surface area (Å²) in [6, 6.07) is 7.25. The van der Waals surface area contributed by atoms with Gasteiger partial charge in [0.2, 0.25) is 5.91 Å². The Bertz CT molecular complexity index is 781. The van der Waals surface area contributed by atoms with E-state index in [4.69, 9.17) is 15.0 Å². The van der Waals surface area contributed by atoms with E-state index in [-0.39, 0.29) is 11.9 Å². The lowest BCUT2D eigenvalue weighted by molar-refractivity contribution is -0.142. The van der Waals surface area contributed by atoms with Gasteiger partial charge in [-0.15, -0.1) is 0 Å². The summed E-state index contributed by atoms with van der Waals surface area (Å²) in [6.45, 7) is 0.602. The van der Waals surface area contributed by atoms with Gasteiger partial charge in [0.25, 0.3) is 0 Å². The van der Waals surface area contributed by atoms with Gasteiger partial charge in [-0.05, 0) is 47.7 Å². The second kappa shape index (κ2) is 9.89. The number of esters is 1. The molecule has 2 heterocycles. The highest BCUT2D eigenvalue weighted by Crippen LogP contribution is 2.44. The molecule has 2 aliphatic heterocycles. The molecule has 1 amide bonds. The van der Waals surface area contributed by atoms with Crippen LogP contribution >= 0.6 is 11.8 Å². The third-order valence-corrected chi connectivity index (χ3v) is 7.21. The van der Waals surface area contributed by atoms with E-state index in [1.165, 1.54) is 7.11 Å². The Morgan fingerprint density at radius 3 is 2.79 bits per heavy atom. The maximum Gasteiger partial charge on any atom is 0.314 e. The summed E-state index contributed by atoms with van der Waals surface area (Å²) in [7, 11) is 2.93.